The third kappa shape index (κ3) is 6.47. The van der Waals surface area contributed by atoms with Crippen molar-refractivity contribution in [2.75, 3.05) is 38.8 Å². The zero-order valence-electron chi connectivity index (χ0n) is 18.4. The number of benzene rings is 2. The predicted octanol–water partition coefficient (Wildman–Crippen LogP) is 5.34. The fourth-order valence-corrected chi connectivity index (χ4v) is 3.54. The van der Waals surface area contributed by atoms with E-state index < -0.39 is 0 Å². The Kier molecular flexibility index (Phi) is 9.85. The summed E-state index contributed by atoms with van der Waals surface area (Å²) in [4.78, 5) is 19.9. The lowest BCUT2D eigenvalue weighted by atomic mass is 10.1. The van der Waals surface area contributed by atoms with Crippen LogP contribution in [0.2, 0.25) is 0 Å². The average molecular weight is 491 g/mol. The molecule has 0 aliphatic carbocycles. The van der Waals surface area contributed by atoms with Gasteiger partial charge in [-0.15, -0.1) is 17.0 Å². The molecule has 31 heavy (non-hydrogen) atoms. The average Bonchev–Trinajstić information content (AvgIpc) is 3.07. The highest BCUT2D eigenvalue weighted by atomic mass is 79.9. The van der Waals surface area contributed by atoms with Gasteiger partial charge in [-0.2, -0.15) is 0 Å². The maximum Gasteiger partial charge on any atom is 0.182 e. The highest BCUT2D eigenvalue weighted by molar-refractivity contribution is 8.93. The molecule has 0 N–H and O–H groups in total. The first-order chi connectivity index (χ1) is 14.7. The van der Waals surface area contributed by atoms with Gasteiger partial charge in [-0.1, -0.05) is 6.42 Å². The van der Waals surface area contributed by atoms with Crippen molar-refractivity contribution in [1.29, 1.82) is 0 Å². The summed E-state index contributed by atoms with van der Waals surface area (Å²) in [6, 6.07) is 12.9. The van der Waals surface area contributed by atoms with Gasteiger partial charge < -0.3 is 19.1 Å². The first-order valence-corrected chi connectivity index (χ1v) is 10.4. The molecule has 2 aromatic carbocycles. The Labute approximate surface area is 195 Å². The third-order valence-corrected chi connectivity index (χ3v) is 5.13. The highest BCUT2D eigenvalue weighted by Gasteiger charge is 2.23. The molecule has 1 aliphatic rings. The molecule has 0 spiro atoms. The second-order valence-electron chi connectivity index (χ2n) is 7.11. The van der Waals surface area contributed by atoms with Gasteiger partial charge in [0.15, 0.2) is 5.78 Å². The van der Waals surface area contributed by atoms with E-state index in [-0.39, 0.29) is 29.3 Å². The topological polar surface area (TPSA) is 60.4 Å². The second kappa shape index (κ2) is 12.3. The highest BCUT2D eigenvalue weighted by Crippen LogP contribution is 2.34. The van der Waals surface area contributed by atoms with E-state index in [1.807, 2.05) is 54.3 Å². The van der Waals surface area contributed by atoms with Crippen molar-refractivity contribution < 1.29 is 19.0 Å². The van der Waals surface area contributed by atoms with E-state index in [0.717, 1.165) is 49.5 Å². The SMILES string of the molecule is Br.CCOc1ccc(C(=O)CN(C2=NCCCCC2)c2cc(OC)ccc2OC)cc1. The maximum absolute atomic E-state index is 13.2. The van der Waals surface area contributed by atoms with Gasteiger partial charge in [0, 0.05) is 24.6 Å². The summed E-state index contributed by atoms with van der Waals surface area (Å²) in [5, 5.41) is 0. The maximum atomic E-state index is 13.2. The number of rotatable bonds is 8. The van der Waals surface area contributed by atoms with E-state index in [1.165, 1.54) is 0 Å². The molecule has 1 heterocycles. The van der Waals surface area contributed by atoms with Gasteiger partial charge in [0.25, 0.3) is 0 Å². The molecule has 0 atom stereocenters. The van der Waals surface area contributed by atoms with Gasteiger partial charge >= 0.3 is 0 Å². The van der Waals surface area contributed by atoms with Crippen LogP contribution in [-0.4, -0.2) is 45.5 Å². The Morgan fingerprint density at radius 2 is 1.74 bits per heavy atom. The van der Waals surface area contributed by atoms with Gasteiger partial charge in [-0.25, -0.2) is 0 Å². The molecule has 1 aliphatic heterocycles. The minimum absolute atomic E-state index is 0. The van der Waals surface area contributed by atoms with Crippen LogP contribution in [0.5, 0.6) is 17.2 Å². The Morgan fingerprint density at radius 3 is 2.42 bits per heavy atom. The molecule has 0 saturated heterocycles. The van der Waals surface area contributed by atoms with Crippen LogP contribution in [-0.2, 0) is 0 Å². The molecule has 7 heteroatoms. The summed E-state index contributed by atoms with van der Waals surface area (Å²) in [6.45, 7) is 3.48. The number of Topliss-reactive ketones (excluding diaryl/α,β-unsaturated/α-hetero) is 1. The number of amidine groups is 1. The molecular formula is C24H31BrN2O4. The number of anilines is 1. The zero-order chi connectivity index (χ0) is 21.3. The van der Waals surface area contributed by atoms with Gasteiger partial charge in [0.2, 0.25) is 0 Å². The van der Waals surface area contributed by atoms with E-state index in [1.54, 1.807) is 14.2 Å². The number of carbonyl (C=O) groups excluding carboxylic acids is 1. The summed E-state index contributed by atoms with van der Waals surface area (Å²) < 4.78 is 16.5. The van der Waals surface area contributed by atoms with Crippen LogP contribution in [0.15, 0.2) is 47.5 Å². The van der Waals surface area contributed by atoms with Crippen LogP contribution in [0.25, 0.3) is 0 Å². The quantitative estimate of drug-likeness (QED) is 0.467. The molecule has 0 bridgehead atoms. The Bertz CT molecular complexity index is 884. The van der Waals surface area contributed by atoms with Crippen LogP contribution in [0.1, 0.15) is 43.0 Å². The molecule has 0 amide bonds. The zero-order valence-corrected chi connectivity index (χ0v) is 20.1. The van der Waals surface area contributed by atoms with Crippen molar-refractivity contribution in [2.45, 2.75) is 32.6 Å². The molecule has 0 saturated carbocycles. The standard InChI is InChI=1S/C24H30N2O4.BrH/c1-4-30-19-11-9-18(10-12-19)22(27)17-26(24-8-6-5-7-15-25-24)21-16-20(28-2)13-14-23(21)29-3;/h9-14,16H,4-8,15,17H2,1-3H3;1H. The number of ether oxygens (including phenoxy) is 3. The fraction of sp³-hybridized carbons (Fsp3) is 0.417. The lowest BCUT2D eigenvalue weighted by Crippen LogP contribution is -2.36. The summed E-state index contributed by atoms with van der Waals surface area (Å²) in [5.74, 6) is 3.07. The molecule has 0 radical (unpaired) electrons. The van der Waals surface area contributed by atoms with E-state index in [9.17, 15) is 4.79 Å². The summed E-state index contributed by atoms with van der Waals surface area (Å²) in [6.07, 6.45) is 4.10. The van der Waals surface area contributed by atoms with Crippen molar-refractivity contribution in [3.8, 4) is 17.2 Å². The van der Waals surface area contributed by atoms with Crippen LogP contribution in [0.4, 0.5) is 5.69 Å². The first kappa shape index (κ1) is 24.7. The van der Waals surface area contributed by atoms with E-state index in [4.69, 9.17) is 19.2 Å². The molecule has 0 aromatic heterocycles. The summed E-state index contributed by atoms with van der Waals surface area (Å²) in [5.41, 5.74) is 1.43. The molecule has 6 nitrogen and oxygen atoms in total. The van der Waals surface area contributed by atoms with Gasteiger partial charge in [-0.3, -0.25) is 9.79 Å². The first-order valence-electron chi connectivity index (χ1n) is 10.4. The molecule has 2 aromatic rings. The third-order valence-electron chi connectivity index (χ3n) is 5.13. The number of nitrogens with zero attached hydrogens (tertiary/aromatic N) is 2. The monoisotopic (exact) mass is 490 g/mol. The molecular weight excluding hydrogens is 460 g/mol. The predicted molar refractivity (Wildman–Crippen MR) is 130 cm³/mol. The Hall–Kier alpha value is -2.54. The van der Waals surface area contributed by atoms with E-state index in [2.05, 4.69) is 0 Å². The van der Waals surface area contributed by atoms with Crippen molar-refractivity contribution in [3.63, 3.8) is 0 Å². The van der Waals surface area contributed by atoms with Crippen LogP contribution in [0, 0.1) is 0 Å². The number of carbonyl (C=O) groups is 1. The number of methoxy groups -OCH3 is 2. The lowest BCUT2D eigenvalue weighted by molar-refractivity contribution is 0.100. The molecule has 0 fully saturated rings. The van der Waals surface area contributed by atoms with Crippen molar-refractivity contribution in [3.05, 3.63) is 48.0 Å². The normalized spacial score (nSPS) is 13.3. The van der Waals surface area contributed by atoms with Gasteiger partial charge in [0.05, 0.1) is 33.1 Å². The number of aliphatic imine (C=N–C) groups is 1. The Morgan fingerprint density at radius 1 is 1.00 bits per heavy atom. The summed E-state index contributed by atoms with van der Waals surface area (Å²) >= 11 is 0. The Balaban J connectivity index is 0.00000341. The minimum atomic E-state index is 0. The number of ketones is 1. The summed E-state index contributed by atoms with van der Waals surface area (Å²) in [7, 11) is 3.26. The largest absolute Gasteiger partial charge is 0.497 e. The van der Waals surface area contributed by atoms with Crippen molar-refractivity contribution in [2.24, 2.45) is 4.99 Å². The second-order valence-corrected chi connectivity index (χ2v) is 7.11. The smallest absolute Gasteiger partial charge is 0.182 e. The molecule has 168 valence electrons. The van der Waals surface area contributed by atoms with Crippen LogP contribution >= 0.6 is 17.0 Å². The van der Waals surface area contributed by atoms with Gasteiger partial charge in [-0.05, 0) is 56.2 Å². The number of hydrogen-bond donors (Lipinski definition) is 0. The minimum Gasteiger partial charge on any atom is -0.497 e. The molecule has 3 rings (SSSR count). The van der Waals surface area contributed by atoms with E-state index >= 15 is 0 Å². The van der Waals surface area contributed by atoms with Crippen LogP contribution < -0.4 is 19.1 Å². The number of halogens is 1. The van der Waals surface area contributed by atoms with Crippen molar-refractivity contribution in [1.82, 2.24) is 0 Å². The molecule has 0 unspecified atom stereocenters. The van der Waals surface area contributed by atoms with Crippen LogP contribution in [0.3, 0.4) is 0 Å². The number of hydrogen-bond acceptors (Lipinski definition) is 6. The lowest BCUT2D eigenvalue weighted by Gasteiger charge is -2.27. The van der Waals surface area contributed by atoms with E-state index in [0.29, 0.717) is 23.7 Å². The van der Waals surface area contributed by atoms with Gasteiger partial charge in [0.1, 0.15) is 23.1 Å². The fourth-order valence-electron chi connectivity index (χ4n) is 3.54. The van der Waals surface area contributed by atoms with Crippen molar-refractivity contribution >= 4 is 34.3 Å².